The molecule has 0 unspecified atom stereocenters. The first kappa shape index (κ1) is 12.2. The highest BCUT2D eigenvalue weighted by atomic mass is 16.3. The van der Waals surface area contributed by atoms with Crippen LogP contribution in [0.2, 0.25) is 0 Å². The van der Waals surface area contributed by atoms with Gasteiger partial charge in [0.1, 0.15) is 5.75 Å². The fourth-order valence-electron chi connectivity index (χ4n) is 1.68. The van der Waals surface area contributed by atoms with Gasteiger partial charge in [0, 0.05) is 23.9 Å². The highest BCUT2D eigenvalue weighted by Crippen LogP contribution is 2.30. The number of anilines is 1. The maximum Gasteiger partial charge on any atom is 0.224 e. The molecule has 1 heterocycles. The fraction of sp³-hybridized carbons (Fsp3) is 0.231. The van der Waals surface area contributed by atoms with Crippen molar-refractivity contribution in [2.24, 2.45) is 0 Å². The lowest BCUT2D eigenvalue weighted by atomic mass is 10.1. The van der Waals surface area contributed by atoms with Crippen LogP contribution in [0.15, 0.2) is 30.5 Å². The first-order valence-electron chi connectivity index (χ1n) is 5.83. The quantitative estimate of drug-likeness (QED) is 0.724. The zero-order valence-corrected chi connectivity index (χ0v) is 10.1. The smallest absolute Gasteiger partial charge is 0.224 e. The van der Waals surface area contributed by atoms with Crippen molar-refractivity contribution < 1.29 is 9.90 Å². The highest BCUT2D eigenvalue weighted by molar-refractivity contribution is 5.91. The number of phenols is 1. The van der Waals surface area contributed by atoms with Crippen LogP contribution in [0.4, 0.5) is 5.69 Å². The van der Waals surface area contributed by atoms with Crippen LogP contribution in [-0.4, -0.2) is 21.2 Å². The van der Waals surface area contributed by atoms with Crippen molar-refractivity contribution in [3.05, 3.63) is 30.5 Å². The molecular weight excluding hydrogens is 230 g/mol. The van der Waals surface area contributed by atoms with Gasteiger partial charge in [0.05, 0.1) is 5.69 Å². The van der Waals surface area contributed by atoms with Gasteiger partial charge in [-0.15, -0.1) is 0 Å². The first-order valence-corrected chi connectivity index (χ1v) is 5.83. The number of aromatic hydroxyl groups is 1. The van der Waals surface area contributed by atoms with Crippen LogP contribution in [0.5, 0.6) is 5.75 Å². The molecule has 94 valence electrons. The highest BCUT2D eigenvalue weighted by Gasteiger charge is 2.08. The van der Waals surface area contributed by atoms with E-state index in [1.807, 2.05) is 6.92 Å². The van der Waals surface area contributed by atoms with Crippen molar-refractivity contribution in [3.63, 3.8) is 0 Å². The van der Waals surface area contributed by atoms with Gasteiger partial charge in [-0.1, -0.05) is 6.92 Å². The molecular formula is C13H15N3O2. The van der Waals surface area contributed by atoms with Crippen molar-refractivity contribution in [1.82, 2.24) is 10.2 Å². The van der Waals surface area contributed by atoms with E-state index < -0.39 is 0 Å². The van der Waals surface area contributed by atoms with Crippen LogP contribution < -0.4 is 5.32 Å². The lowest BCUT2D eigenvalue weighted by Gasteiger charge is -2.07. The number of carbonyl (C=O) groups is 1. The van der Waals surface area contributed by atoms with Gasteiger partial charge >= 0.3 is 0 Å². The predicted molar refractivity (Wildman–Crippen MR) is 69.2 cm³/mol. The zero-order valence-electron chi connectivity index (χ0n) is 10.1. The SMILES string of the molecule is CCCC(=O)Nc1ccc(O)c(-c2cc[nH]n2)c1. The Morgan fingerprint density at radius 3 is 2.94 bits per heavy atom. The molecule has 3 N–H and O–H groups in total. The summed E-state index contributed by atoms with van der Waals surface area (Å²) in [5, 5.41) is 19.3. The van der Waals surface area contributed by atoms with Crippen LogP contribution in [-0.2, 0) is 4.79 Å². The summed E-state index contributed by atoms with van der Waals surface area (Å²) in [6, 6.07) is 6.68. The lowest BCUT2D eigenvalue weighted by molar-refractivity contribution is -0.116. The predicted octanol–water partition coefficient (Wildman–Crippen LogP) is 2.52. The number of nitrogens with zero attached hydrogens (tertiary/aromatic N) is 1. The largest absolute Gasteiger partial charge is 0.507 e. The third-order valence-corrected chi connectivity index (χ3v) is 2.53. The zero-order chi connectivity index (χ0) is 13.0. The number of H-pyrrole nitrogens is 1. The van der Waals surface area contributed by atoms with E-state index in [0.717, 1.165) is 6.42 Å². The molecule has 0 aliphatic rings. The van der Waals surface area contributed by atoms with Crippen molar-refractivity contribution in [2.75, 3.05) is 5.32 Å². The number of hydrogen-bond donors (Lipinski definition) is 3. The maximum atomic E-state index is 11.5. The Bertz CT molecular complexity index is 535. The average molecular weight is 245 g/mol. The van der Waals surface area contributed by atoms with Gasteiger partial charge in [-0.25, -0.2) is 0 Å². The molecule has 2 aromatic rings. The standard InChI is InChI=1S/C13H15N3O2/c1-2-3-13(18)15-9-4-5-12(17)10(8-9)11-6-7-14-16-11/h4-8,17H,2-3H2,1H3,(H,14,16)(H,15,18). The number of rotatable bonds is 4. The number of amides is 1. The van der Waals surface area contributed by atoms with E-state index in [9.17, 15) is 9.90 Å². The number of phenolic OH excluding ortho intramolecular Hbond substituents is 1. The van der Waals surface area contributed by atoms with Gasteiger partial charge < -0.3 is 10.4 Å². The molecule has 0 saturated heterocycles. The normalized spacial score (nSPS) is 10.3. The third-order valence-electron chi connectivity index (χ3n) is 2.53. The number of hydrogen-bond acceptors (Lipinski definition) is 3. The summed E-state index contributed by atoms with van der Waals surface area (Å²) in [6.45, 7) is 1.95. The Labute approximate surface area is 105 Å². The molecule has 1 aromatic carbocycles. The van der Waals surface area contributed by atoms with E-state index >= 15 is 0 Å². The van der Waals surface area contributed by atoms with E-state index in [4.69, 9.17) is 0 Å². The van der Waals surface area contributed by atoms with Gasteiger partial charge in [-0.3, -0.25) is 9.89 Å². The van der Waals surface area contributed by atoms with Crippen LogP contribution in [0.3, 0.4) is 0 Å². The first-order chi connectivity index (χ1) is 8.70. The lowest BCUT2D eigenvalue weighted by Crippen LogP contribution is -2.10. The minimum absolute atomic E-state index is 0.0313. The Balaban J connectivity index is 2.24. The fourth-order valence-corrected chi connectivity index (χ4v) is 1.68. The summed E-state index contributed by atoms with van der Waals surface area (Å²) >= 11 is 0. The summed E-state index contributed by atoms with van der Waals surface area (Å²) in [6.07, 6.45) is 2.96. The van der Waals surface area contributed by atoms with Crippen molar-refractivity contribution in [3.8, 4) is 17.0 Å². The molecule has 0 spiro atoms. The Kier molecular flexibility index (Phi) is 3.62. The molecule has 0 aliphatic heterocycles. The van der Waals surface area contributed by atoms with Gasteiger partial charge in [-0.05, 0) is 30.7 Å². The van der Waals surface area contributed by atoms with E-state index in [1.165, 1.54) is 0 Å². The topological polar surface area (TPSA) is 78.0 Å². The minimum Gasteiger partial charge on any atom is -0.507 e. The molecule has 1 amide bonds. The molecule has 0 bridgehead atoms. The summed E-state index contributed by atoms with van der Waals surface area (Å²) < 4.78 is 0. The van der Waals surface area contributed by atoms with Gasteiger partial charge in [-0.2, -0.15) is 5.10 Å². The molecule has 0 fully saturated rings. The number of aromatic nitrogens is 2. The second kappa shape index (κ2) is 5.35. The van der Waals surface area contributed by atoms with E-state index in [0.29, 0.717) is 23.4 Å². The molecule has 0 aliphatic carbocycles. The summed E-state index contributed by atoms with van der Waals surface area (Å²) in [4.78, 5) is 11.5. The second-order valence-electron chi connectivity index (χ2n) is 3.99. The van der Waals surface area contributed by atoms with Gasteiger partial charge in [0.25, 0.3) is 0 Å². The van der Waals surface area contributed by atoms with Crippen molar-refractivity contribution in [1.29, 1.82) is 0 Å². The summed E-state index contributed by atoms with van der Waals surface area (Å²) in [5.74, 6) is 0.103. The van der Waals surface area contributed by atoms with Crippen LogP contribution in [0.1, 0.15) is 19.8 Å². The minimum atomic E-state index is -0.0313. The maximum absolute atomic E-state index is 11.5. The molecule has 0 saturated carbocycles. The number of nitrogens with one attached hydrogen (secondary N) is 2. The Morgan fingerprint density at radius 1 is 1.44 bits per heavy atom. The molecule has 5 heteroatoms. The molecule has 2 rings (SSSR count). The monoisotopic (exact) mass is 245 g/mol. The molecule has 1 aromatic heterocycles. The number of aromatic amines is 1. The molecule has 0 atom stereocenters. The Morgan fingerprint density at radius 2 is 2.28 bits per heavy atom. The van der Waals surface area contributed by atoms with Crippen molar-refractivity contribution >= 4 is 11.6 Å². The summed E-state index contributed by atoms with van der Waals surface area (Å²) in [7, 11) is 0. The van der Waals surface area contributed by atoms with Crippen LogP contribution >= 0.6 is 0 Å². The molecule has 5 nitrogen and oxygen atoms in total. The number of benzene rings is 1. The molecule has 18 heavy (non-hydrogen) atoms. The van der Waals surface area contributed by atoms with Gasteiger partial charge in [0.2, 0.25) is 5.91 Å². The van der Waals surface area contributed by atoms with E-state index in [2.05, 4.69) is 15.5 Å². The third kappa shape index (κ3) is 2.68. The van der Waals surface area contributed by atoms with Crippen molar-refractivity contribution in [2.45, 2.75) is 19.8 Å². The van der Waals surface area contributed by atoms with E-state index in [-0.39, 0.29) is 11.7 Å². The van der Waals surface area contributed by atoms with E-state index in [1.54, 1.807) is 30.5 Å². The van der Waals surface area contributed by atoms with Gasteiger partial charge in [0.15, 0.2) is 0 Å². The van der Waals surface area contributed by atoms with Crippen LogP contribution in [0, 0.1) is 0 Å². The summed E-state index contributed by atoms with van der Waals surface area (Å²) in [5.41, 5.74) is 1.88. The number of carbonyl (C=O) groups excluding carboxylic acids is 1. The second-order valence-corrected chi connectivity index (χ2v) is 3.99. The average Bonchev–Trinajstić information content (AvgIpc) is 2.85. The van der Waals surface area contributed by atoms with Crippen LogP contribution in [0.25, 0.3) is 11.3 Å². The molecule has 0 radical (unpaired) electrons. The Hall–Kier alpha value is -2.30.